The predicted octanol–water partition coefficient (Wildman–Crippen LogP) is 6.27. The molecule has 20 heavy (non-hydrogen) atoms. The first-order chi connectivity index (χ1) is 9.79. The minimum Gasteiger partial charge on any atom is -0.0625 e. The van der Waals surface area contributed by atoms with E-state index in [0.717, 1.165) is 5.92 Å². The van der Waals surface area contributed by atoms with Crippen molar-refractivity contribution in [1.29, 1.82) is 0 Å². The molecule has 0 atom stereocenters. The maximum Gasteiger partial charge on any atom is -0.0398 e. The largest absolute Gasteiger partial charge is 0.0625 e. The van der Waals surface area contributed by atoms with Gasteiger partial charge in [-0.15, -0.1) is 0 Å². The van der Waals surface area contributed by atoms with Crippen molar-refractivity contribution in [2.75, 3.05) is 0 Å². The van der Waals surface area contributed by atoms with Gasteiger partial charge in [0.25, 0.3) is 0 Å². The molecule has 0 bridgehead atoms. The first-order valence-corrected chi connectivity index (χ1v) is 7.80. The number of benzene rings is 2. The van der Waals surface area contributed by atoms with E-state index in [1.807, 2.05) is 54.6 Å². The Hall–Kier alpha value is -1.56. The van der Waals surface area contributed by atoms with Crippen molar-refractivity contribution in [2.24, 2.45) is 5.92 Å². The molecule has 1 aliphatic carbocycles. The molecule has 0 aromatic heterocycles. The fraction of sp³-hybridized carbons (Fsp3) is 0.400. The summed E-state index contributed by atoms with van der Waals surface area (Å²) in [6, 6.07) is 22.3. The second-order valence-corrected chi connectivity index (χ2v) is 5.55. The maximum atomic E-state index is 2.36. The summed E-state index contributed by atoms with van der Waals surface area (Å²) in [5.41, 5.74) is 1.32. The first kappa shape index (κ1) is 16.5. The van der Waals surface area contributed by atoms with Crippen LogP contribution in [0.1, 0.15) is 44.6 Å². The third-order valence-electron chi connectivity index (χ3n) is 3.50. The van der Waals surface area contributed by atoms with Crippen molar-refractivity contribution in [3.05, 3.63) is 72.3 Å². The lowest BCUT2D eigenvalue weighted by molar-refractivity contribution is 0.385. The van der Waals surface area contributed by atoms with Gasteiger partial charge in [0, 0.05) is 0 Å². The fourth-order valence-electron chi connectivity index (χ4n) is 2.23. The second-order valence-electron chi connectivity index (χ2n) is 5.55. The fourth-order valence-corrected chi connectivity index (χ4v) is 2.23. The topological polar surface area (TPSA) is 0 Å². The lowest BCUT2D eigenvalue weighted by Crippen LogP contribution is -1.99. The molecule has 1 saturated carbocycles. The molecule has 1 fully saturated rings. The summed E-state index contributed by atoms with van der Waals surface area (Å²) >= 11 is 0. The minimum absolute atomic E-state index is 1.04. The highest BCUT2D eigenvalue weighted by atomic mass is 14.1. The van der Waals surface area contributed by atoms with Gasteiger partial charge in [0.15, 0.2) is 0 Å². The monoisotopic (exact) mass is 268 g/mol. The normalized spacial score (nSPS) is 14.3. The SMILES string of the molecule is CC1CCCCC1.Cc1ccccc1.c1ccccc1. The van der Waals surface area contributed by atoms with Crippen LogP contribution in [0.25, 0.3) is 0 Å². The zero-order valence-electron chi connectivity index (χ0n) is 13.0. The van der Waals surface area contributed by atoms with E-state index in [4.69, 9.17) is 0 Å². The molecule has 108 valence electrons. The van der Waals surface area contributed by atoms with E-state index in [1.165, 1.54) is 37.7 Å². The van der Waals surface area contributed by atoms with E-state index in [1.54, 1.807) is 0 Å². The molecule has 2 aromatic rings. The quantitative estimate of drug-likeness (QED) is 0.528. The molecule has 0 N–H and O–H groups in total. The Kier molecular flexibility index (Phi) is 9.30. The van der Waals surface area contributed by atoms with Crippen LogP contribution in [0, 0.1) is 12.8 Å². The molecule has 0 nitrogen and oxygen atoms in total. The first-order valence-electron chi connectivity index (χ1n) is 7.80. The average Bonchev–Trinajstić information content (AvgIpc) is 2.52. The lowest BCUT2D eigenvalue weighted by Gasteiger charge is -2.15. The second kappa shape index (κ2) is 11.3. The van der Waals surface area contributed by atoms with Crippen molar-refractivity contribution in [1.82, 2.24) is 0 Å². The molecule has 0 saturated heterocycles. The Morgan fingerprint density at radius 3 is 1.30 bits per heavy atom. The molecule has 2 aromatic carbocycles. The third kappa shape index (κ3) is 9.38. The summed E-state index contributed by atoms with van der Waals surface area (Å²) in [5, 5.41) is 0. The molecule has 0 amide bonds. The molecule has 3 rings (SSSR count). The van der Waals surface area contributed by atoms with Crippen LogP contribution in [-0.2, 0) is 0 Å². The van der Waals surface area contributed by atoms with E-state index in [0.29, 0.717) is 0 Å². The molecule has 0 heterocycles. The highest BCUT2D eigenvalue weighted by Gasteiger charge is 2.05. The average molecular weight is 268 g/mol. The van der Waals surface area contributed by atoms with Crippen molar-refractivity contribution in [3.63, 3.8) is 0 Å². The van der Waals surface area contributed by atoms with Gasteiger partial charge in [-0.1, -0.05) is 111 Å². The van der Waals surface area contributed by atoms with Crippen LogP contribution in [0.2, 0.25) is 0 Å². The maximum absolute atomic E-state index is 2.36. The van der Waals surface area contributed by atoms with Gasteiger partial charge in [0.2, 0.25) is 0 Å². The van der Waals surface area contributed by atoms with E-state index < -0.39 is 0 Å². The minimum atomic E-state index is 1.04. The highest BCUT2D eigenvalue weighted by molar-refractivity contribution is 5.11. The summed E-state index contributed by atoms with van der Waals surface area (Å²) in [5.74, 6) is 1.04. The predicted molar refractivity (Wildman–Crippen MR) is 89.9 cm³/mol. The van der Waals surface area contributed by atoms with E-state index in [9.17, 15) is 0 Å². The van der Waals surface area contributed by atoms with Gasteiger partial charge in [-0.05, 0) is 12.8 Å². The van der Waals surface area contributed by atoms with Gasteiger partial charge in [0.1, 0.15) is 0 Å². The molecule has 0 radical (unpaired) electrons. The molecular formula is C20H28. The van der Waals surface area contributed by atoms with Crippen LogP contribution in [0.3, 0.4) is 0 Å². The lowest BCUT2D eigenvalue weighted by atomic mass is 9.91. The van der Waals surface area contributed by atoms with Crippen molar-refractivity contribution < 1.29 is 0 Å². The van der Waals surface area contributed by atoms with Crippen LogP contribution in [-0.4, -0.2) is 0 Å². The van der Waals surface area contributed by atoms with Crippen molar-refractivity contribution >= 4 is 0 Å². The highest BCUT2D eigenvalue weighted by Crippen LogP contribution is 2.22. The summed E-state index contributed by atoms with van der Waals surface area (Å²) in [6.07, 6.45) is 7.44. The number of rotatable bonds is 0. The summed E-state index contributed by atoms with van der Waals surface area (Å²) in [4.78, 5) is 0. The molecule has 0 unspecified atom stereocenters. The molecule has 0 aliphatic heterocycles. The van der Waals surface area contributed by atoms with Gasteiger partial charge >= 0.3 is 0 Å². The van der Waals surface area contributed by atoms with Gasteiger partial charge in [0.05, 0.1) is 0 Å². The summed E-state index contributed by atoms with van der Waals surface area (Å²) < 4.78 is 0. The standard InChI is InChI=1S/C7H14.C7H8.C6H6/c2*1-7-5-3-2-4-6-7;1-2-4-6-5-3-1/h7H,2-6H2,1H3;2-6H,1H3;1-6H. The van der Waals surface area contributed by atoms with Crippen LogP contribution in [0.15, 0.2) is 66.7 Å². The number of aryl methyl sites for hydroxylation is 1. The Balaban J connectivity index is 0.000000151. The van der Waals surface area contributed by atoms with E-state index >= 15 is 0 Å². The van der Waals surface area contributed by atoms with Crippen molar-refractivity contribution in [3.8, 4) is 0 Å². The van der Waals surface area contributed by atoms with Gasteiger partial charge in [-0.3, -0.25) is 0 Å². The summed E-state index contributed by atoms with van der Waals surface area (Å²) in [6.45, 7) is 4.44. The Morgan fingerprint density at radius 1 is 0.650 bits per heavy atom. The summed E-state index contributed by atoms with van der Waals surface area (Å²) in [7, 11) is 0. The van der Waals surface area contributed by atoms with Gasteiger partial charge < -0.3 is 0 Å². The Bertz CT molecular complexity index is 372. The van der Waals surface area contributed by atoms with E-state index in [2.05, 4.69) is 26.0 Å². The van der Waals surface area contributed by atoms with Gasteiger partial charge in [-0.25, -0.2) is 0 Å². The Morgan fingerprint density at radius 2 is 1.05 bits per heavy atom. The van der Waals surface area contributed by atoms with Crippen LogP contribution in [0.4, 0.5) is 0 Å². The third-order valence-corrected chi connectivity index (χ3v) is 3.50. The smallest absolute Gasteiger partial charge is 0.0398 e. The van der Waals surface area contributed by atoms with Crippen LogP contribution in [0.5, 0.6) is 0 Å². The molecular weight excluding hydrogens is 240 g/mol. The number of hydrogen-bond acceptors (Lipinski definition) is 0. The number of hydrogen-bond donors (Lipinski definition) is 0. The van der Waals surface area contributed by atoms with Crippen LogP contribution >= 0.6 is 0 Å². The molecule has 1 aliphatic rings. The van der Waals surface area contributed by atoms with Gasteiger partial charge in [-0.2, -0.15) is 0 Å². The zero-order valence-corrected chi connectivity index (χ0v) is 13.0. The van der Waals surface area contributed by atoms with Crippen molar-refractivity contribution in [2.45, 2.75) is 46.0 Å². The Labute approximate surface area is 124 Å². The zero-order chi connectivity index (χ0) is 14.5. The molecule has 0 heteroatoms. The van der Waals surface area contributed by atoms with Crippen LogP contribution < -0.4 is 0 Å². The van der Waals surface area contributed by atoms with E-state index in [-0.39, 0.29) is 0 Å². The molecule has 0 spiro atoms.